The molecule has 1 aromatic rings. The number of hydrogen-bond donors (Lipinski definition) is 2. The van der Waals surface area contributed by atoms with Crippen LogP contribution in [-0.4, -0.2) is 17.4 Å². The molecule has 0 fully saturated rings. The molecule has 4 heteroatoms. The second-order valence-electron chi connectivity index (χ2n) is 4.32. The number of carbonyl (C=O) groups is 1. The van der Waals surface area contributed by atoms with Gasteiger partial charge in [0.2, 0.25) is 5.91 Å². The zero-order chi connectivity index (χ0) is 11.5. The van der Waals surface area contributed by atoms with Crippen molar-refractivity contribution in [3.8, 4) is 0 Å². The number of nitrogens with zero attached hydrogens (tertiary/aromatic N) is 1. The molecule has 1 heterocycles. The standard InChI is InChI=1S/C11H17N3O/c1-8-4-5-13-9(6-8)14-7-11(2,3)10(12)15/h4-6H,7H2,1-3H3,(H2,12,15)(H,13,14). The van der Waals surface area contributed by atoms with Gasteiger partial charge in [-0.05, 0) is 38.5 Å². The van der Waals surface area contributed by atoms with Crippen LogP contribution in [0.15, 0.2) is 18.3 Å². The van der Waals surface area contributed by atoms with Gasteiger partial charge < -0.3 is 11.1 Å². The summed E-state index contributed by atoms with van der Waals surface area (Å²) in [6.45, 7) is 6.08. The third-order valence-electron chi connectivity index (χ3n) is 2.29. The average molecular weight is 207 g/mol. The molecule has 0 aliphatic carbocycles. The van der Waals surface area contributed by atoms with Crippen LogP contribution < -0.4 is 11.1 Å². The maximum atomic E-state index is 11.1. The minimum atomic E-state index is -0.564. The summed E-state index contributed by atoms with van der Waals surface area (Å²) in [5, 5.41) is 3.10. The highest BCUT2D eigenvalue weighted by molar-refractivity contribution is 5.80. The fourth-order valence-electron chi connectivity index (χ4n) is 1.03. The molecule has 0 bridgehead atoms. The fraction of sp³-hybridized carbons (Fsp3) is 0.455. The SMILES string of the molecule is Cc1ccnc(NCC(C)(C)C(N)=O)c1. The quantitative estimate of drug-likeness (QED) is 0.782. The Bertz CT molecular complexity index is 361. The normalized spacial score (nSPS) is 11.1. The van der Waals surface area contributed by atoms with Crippen LogP contribution in [0.5, 0.6) is 0 Å². The number of aryl methyl sites for hydroxylation is 1. The Balaban J connectivity index is 2.61. The second kappa shape index (κ2) is 4.29. The monoisotopic (exact) mass is 207 g/mol. The zero-order valence-corrected chi connectivity index (χ0v) is 9.37. The van der Waals surface area contributed by atoms with Gasteiger partial charge in [-0.15, -0.1) is 0 Å². The second-order valence-corrected chi connectivity index (χ2v) is 4.32. The minimum absolute atomic E-state index is 0.317. The molecule has 0 saturated heterocycles. The van der Waals surface area contributed by atoms with Gasteiger partial charge >= 0.3 is 0 Å². The number of nitrogens with two attached hydrogens (primary N) is 1. The van der Waals surface area contributed by atoms with Crippen molar-refractivity contribution in [3.63, 3.8) is 0 Å². The summed E-state index contributed by atoms with van der Waals surface area (Å²) in [5.74, 6) is 0.451. The van der Waals surface area contributed by atoms with E-state index in [1.54, 1.807) is 20.0 Å². The number of amides is 1. The van der Waals surface area contributed by atoms with E-state index in [2.05, 4.69) is 10.3 Å². The molecular formula is C11H17N3O. The Morgan fingerprint density at radius 3 is 2.80 bits per heavy atom. The van der Waals surface area contributed by atoms with E-state index in [9.17, 15) is 4.79 Å². The van der Waals surface area contributed by atoms with Crippen LogP contribution in [0.4, 0.5) is 5.82 Å². The highest BCUT2D eigenvalue weighted by Crippen LogP contribution is 2.15. The number of carbonyl (C=O) groups excluding carboxylic acids is 1. The lowest BCUT2D eigenvalue weighted by Crippen LogP contribution is -2.37. The molecule has 0 aliphatic rings. The summed E-state index contributed by atoms with van der Waals surface area (Å²) in [7, 11) is 0. The number of pyridine rings is 1. The lowest BCUT2D eigenvalue weighted by molar-refractivity contribution is -0.125. The first-order valence-electron chi connectivity index (χ1n) is 4.88. The highest BCUT2D eigenvalue weighted by atomic mass is 16.1. The van der Waals surface area contributed by atoms with Crippen molar-refractivity contribution < 1.29 is 4.79 Å². The molecule has 0 spiro atoms. The van der Waals surface area contributed by atoms with Gasteiger partial charge in [-0.1, -0.05) is 0 Å². The molecule has 1 rings (SSSR count). The number of anilines is 1. The molecule has 0 unspecified atom stereocenters. The van der Waals surface area contributed by atoms with E-state index in [4.69, 9.17) is 5.73 Å². The summed E-state index contributed by atoms with van der Waals surface area (Å²) >= 11 is 0. The van der Waals surface area contributed by atoms with Crippen LogP contribution >= 0.6 is 0 Å². The summed E-state index contributed by atoms with van der Waals surface area (Å²) in [6, 6.07) is 3.85. The largest absolute Gasteiger partial charge is 0.369 e. The Hall–Kier alpha value is -1.58. The Labute approximate surface area is 89.9 Å². The van der Waals surface area contributed by atoms with Crippen molar-refractivity contribution >= 4 is 11.7 Å². The first-order valence-corrected chi connectivity index (χ1v) is 4.88. The van der Waals surface area contributed by atoms with Gasteiger partial charge in [-0.3, -0.25) is 4.79 Å². The lowest BCUT2D eigenvalue weighted by Gasteiger charge is -2.21. The first-order chi connectivity index (χ1) is 6.92. The van der Waals surface area contributed by atoms with Gasteiger partial charge in [-0.2, -0.15) is 0 Å². The van der Waals surface area contributed by atoms with Gasteiger partial charge in [0, 0.05) is 12.7 Å². The average Bonchev–Trinajstić information content (AvgIpc) is 2.15. The molecule has 1 aromatic heterocycles. The van der Waals surface area contributed by atoms with E-state index in [1.165, 1.54) is 0 Å². The van der Waals surface area contributed by atoms with Gasteiger partial charge in [-0.25, -0.2) is 4.98 Å². The third-order valence-corrected chi connectivity index (χ3v) is 2.29. The number of rotatable bonds is 4. The van der Waals surface area contributed by atoms with Crippen molar-refractivity contribution in [1.82, 2.24) is 4.98 Å². The number of primary amides is 1. The number of hydrogen-bond acceptors (Lipinski definition) is 3. The Kier molecular flexibility index (Phi) is 3.29. The van der Waals surface area contributed by atoms with E-state index < -0.39 is 5.41 Å². The van der Waals surface area contributed by atoms with Crippen molar-refractivity contribution in [3.05, 3.63) is 23.9 Å². The lowest BCUT2D eigenvalue weighted by atomic mass is 9.93. The van der Waals surface area contributed by atoms with Crippen LogP contribution in [0.1, 0.15) is 19.4 Å². The van der Waals surface area contributed by atoms with Crippen LogP contribution in [0.3, 0.4) is 0 Å². The molecule has 0 saturated carbocycles. The Morgan fingerprint density at radius 1 is 1.60 bits per heavy atom. The van der Waals surface area contributed by atoms with Crippen LogP contribution in [0.2, 0.25) is 0 Å². The van der Waals surface area contributed by atoms with Gasteiger partial charge in [0.25, 0.3) is 0 Å². The van der Waals surface area contributed by atoms with Crippen molar-refractivity contribution in [1.29, 1.82) is 0 Å². The highest BCUT2D eigenvalue weighted by Gasteiger charge is 2.24. The van der Waals surface area contributed by atoms with E-state index in [0.717, 1.165) is 11.4 Å². The van der Waals surface area contributed by atoms with Gasteiger partial charge in [0.1, 0.15) is 5.82 Å². The van der Waals surface area contributed by atoms with Crippen molar-refractivity contribution in [2.75, 3.05) is 11.9 Å². The molecule has 3 N–H and O–H groups in total. The summed E-state index contributed by atoms with van der Waals surface area (Å²) < 4.78 is 0. The van der Waals surface area contributed by atoms with Crippen LogP contribution in [-0.2, 0) is 4.79 Å². The predicted octanol–water partition coefficient (Wildman–Crippen LogP) is 1.31. The maximum Gasteiger partial charge on any atom is 0.224 e. The van der Waals surface area contributed by atoms with Crippen molar-refractivity contribution in [2.45, 2.75) is 20.8 Å². The molecule has 0 aliphatic heterocycles. The van der Waals surface area contributed by atoms with E-state index in [0.29, 0.717) is 6.54 Å². The number of nitrogens with one attached hydrogen (secondary N) is 1. The fourth-order valence-corrected chi connectivity index (χ4v) is 1.03. The first kappa shape index (κ1) is 11.5. The van der Waals surface area contributed by atoms with Crippen LogP contribution in [0.25, 0.3) is 0 Å². The van der Waals surface area contributed by atoms with Crippen molar-refractivity contribution in [2.24, 2.45) is 11.1 Å². The molecule has 4 nitrogen and oxygen atoms in total. The summed E-state index contributed by atoms with van der Waals surface area (Å²) in [5.41, 5.74) is 5.83. The van der Waals surface area contributed by atoms with E-state index in [-0.39, 0.29) is 5.91 Å². The molecular weight excluding hydrogens is 190 g/mol. The maximum absolute atomic E-state index is 11.1. The molecule has 1 amide bonds. The van der Waals surface area contributed by atoms with E-state index in [1.807, 2.05) is 19.1 Å². The molecule has 82 valence electrons. The predicted molar refractivity (Wildman–Crippen MR) is 60.4 cm³/mol. The summed E-state index contributed by atoms with van der Waals surface area (Å²) in [6.07, 6.45) is 1.73. The topological polar surface area (TPSA) is 68.0 Å². The summed E-state index contributed by atoms with van der Waals surface area (Å²) in [4.78, 5) is 15.2. The van der Waals surface area contributed by atoms with Crippen LogP contribution in [0, 0.1) is 12.3 Å². The minimum Gasteiger partial charge on any atom is -0.369 e. The molecule has 0 atom stereocenters. The number of aromatic nitrogens is 1. The molecule has 0 radical (unpaired) electrons. The smallest absolute Gasteiger partial charge is 0.224 e. The van der Waals surface area contributed by atoms with Gasteiger partial charge in [0.15, 0.2) is 0 Å². The van der Waals surface area contributed by atoms with E-state index >= 15 is 0 Å². The molecule has 0 aromatic carbocycles. The van der Waals surface area contributed by atoms with Gasteiger partial charge in [0.05, 0.1) is 5.41 Å². The zero-order valence-electron chi connectivity index (χ0n) is 9.37. The Morgan fingerprint density at radius 2 is 2.27 bits per heavy atom. The molecule has 15 heavy (non-hydrogen) atoms. The third kappa shape index (κ3) is 3.23.